The van der Waals surface area contributed by atoms with E-state index in [4.69, 9.17) is 4.74 Å². The van der Waals surface area contributed by atoms with Gasteiger partial charge in [0.15, 0.2) is 0 Å². The van der Waals surface area contributed by atoms with Gasteiger partial charge in [0.2, 0.25) is 0 Å². The molecule has 1 heterocycles. The Labute approximate surface area is 106 Å². The van der Waals surface area contributed by atoms with Crippen molar-refractivity contribution in [2.45, 2.75) is 57.7 Å². The molecule has 0 radical (unpaired) electrons. The molecule has 100 valence electrons. The van der Waals surface area contributed by atoms with Gasteiger partial charge in [-0.3, -0.25) is 4.90 Å². The van der Waals surface area contributed by atoms with Crippen LogP contribution in [0.4, 0.5) is 0 Å². The fourth-order valence-corrected chi connectivity index (χ4v) is 3.30. The zero-order chi connectivity index (χ0) is 12.7. The lowest BCUT2D eigenvalue weighted by Gasteiger charge is -2.52. The van der Waals surface area contributed by atoms with Crippen molar-refractivity contribution in [2.24, 2.45) is 5.92 Å². The topological polar surface area (TPSA) is 24.5 Å². The molecule has 0 aromatic carbocycles. The molecule has 2 aliphatic rings. The van der Waals surface area contributed by atoms with E-state index >= 15 is 0 Å². The Balaban J connectivity index is 2.08. The van der Waals surface area contributed by atoms with Crippen LogP contribution in [-0.2, 0) is 4.74 Å². The Morgan fingerprint density at radius 2 is 2.06 bits per heavy atom. The first-order valence-electron chi connectivity index (χ1n) is 6.90. The monoisotopic (exact) mass is 240 g/mol. The zero-order valence-electron chi connectivity index (χ0n) is 12.0. The molecular weight excluding hydrogens is 212 g/mol. The molecular formula is C14H28N2O. The number of hydrogen-bond donors (Lipinski definition) is 1. The van der Waals surface area contributed by atoms with Crippen LogP contribution in [0.1, 0.15) is 40.5 Å². The number of nitrogens with zero attached hydrogens (tertiary/aromatic N) is 1. The zero-order valence-corrected chi connectivity index (χ0v) is 12.0. The van der Waals surface area contributed by atoms with E-state index in [-0.39, 0.29) is 5.54 Å². The molecule has 0 aromatic heterocycles. The van der Waals surface area contributed by atoms with Gasteiger partial charge in [-0.05, 0) is 46.5 Å². The molecule has 1 aliphatic heterocycles. The van der Waals surface area contributed by atoms with Crippen LogP contribution in [0.15, 0.2) is 0 Å². The molecule has 3 heteroatoms. The van der Waals surface area contributed by atoms with Crippen molar-refractivity contribution < 1.29 is 4.74 Å². The molecule has 1 aliphatic carbocycles. The molecule has 1 N–H and O–H groups in total. The third-order valence-corrected chi connectivity index (χ3v) is 4.59. The van der Waals surface area contributed by atoms with Crippen LogP contribution in [0.5, 0.6) is 0 Å². The summed E-state index contributed by atoms with van der Waals surface area (Å²) >= 11 is 0. The summed E-state index contributed by atoms with van der Waals surface area (Å²) in [6.07, 6.45) is 2.80. The van der Waals surface area contributed by atoms with Gasteiger partial charge in [0.25, 0.3) is 0 Å². The SMILES string of the molecule is COCC(C)(C)N1CC(C)(C2CC2)NCC1C. The smallest absolute Gasteiger partial charge is 0.0641 e. The average Bonchev–Trinajstić information content (AvgIpc) is 3.05. The highest BCUT2D eigenvalue weighted by atomic mass is 16.5. The number of methoxy groups -OCH3 is 1. The van der Waals surface area contributed by atoms with E-state index in [1.54, 1.807) is 7.11 Å². The minimum absolute atomic E-state index is 0.131. The number of hydrogen-bond acceptors (Lipinski definition) is 3. The first-order valence-corrected chi connectivity index (χ1v) is 6.90. The maximum Gasteiger partial charge on any atom is 0.0641 e. The van der Waals surface area contributed by atoms with Gasteiger partial charge in [0.1, 0.15) is 0 Å². The van der Waals surface area contributed by atoms with Gasteiger partial charge in [-0.25, -0.2) is 0 Å². The van der Waals surface area contributed by atoms with Crippen LogP contribution in [0.25, 0.3) is 0 Å². The summed E-state index contributed by atoms with van der Waals surface area (Å²) in [6, 6.07) is 0.590. The van der Waals surface area contributed by atoms with Gasteiger partial charge in [-0.1, -0.05) is 0 Å². The third-order valence-electron chi connectivity index (χ3n) is 4.59. The maximum absolute atomic E-state index is 5.39. The maximum atomic E-state index is 5.39. The number of ether oxygens (including phenoxy) is 1. The molecule has 2 fully saturated rings. The fraction of sp³-hybridized carbons (Fsp3) is 1.00. The summed E-state index contributed by atoms with van der Waals surface area (Å²) in [6.45, 7) is 12.4. The molecule has 2 unspecified atom stereocenters. The summed E-state index contributed by atoms with van der Waals surface area (Å²) in [5, 5.41) is 3.77. The third kappa shape index (κ3) is 2.67. The Morgan fingerprint density at radius 1 is 1.41 bits per heavy atom. The molecule has 2 atom stereocenters. The van der Waals surface area contributed by atoms with Crippen molar-refractivity contribution in [2.75, 3.05) is 26.8 Å². The standard InChI is InChI=1S/C14H28N2O/c1-11-8-15-14(4,12-6-7-12)9-16(11)13(2,3)10-17-5/h11-12,15H,6-10H2,1-5H3. The van der Waals surface area contributed by atoms with Crippen molar-refractivity contribution in [1.29, 1.82) is 0 Å². The summed E-state index contributed by atoms with van der Waals surface area (Å²) in [7, 11) is 1.80. The van der Waals surface area contributed by atoms with E-state index in [2.05, 4.69) is 37.9 Å². The molecule has 0 spiro atoms. The second-order valence-electron chi connectivity index (χ2n) is 6.80. The van der Waals surface area contributed by atoms with Crippen LogP contribution in [0, 0.1) is 5.92 Å². The van der Waals surface area contributed by atoms with Gasteiger partial charge >= 0.3 is 0 Å². The van der Waals surface area contributed by atoms with Crippen molar-refractivity contribution in [3.8, 4) is 0 Å². The van der Waals surface area contributed by atoms with Crippen molar-refractivity contribution in [3.63, 3.8) is 0 Å². The highest BCUT2D eigenvalue weighted by Gasteiger charge is 2.47. The molecule has 0 aromatic rings. The Hall–Kier alpha value is -0.120. The van der Waals surface area contributed by atoms with Crippen molar-refractivity contribution in [3.05, 3.63) is 0 Å². The summed E-state index contributed by atoms with van der Waals surface area (Å²) < 4.78 is 5.39. The van der Waals surface area contributed by atoms with Crippen LogP contribution in [-0.4, -0.2) is 48.8 Å². The molecule has 2 rings (SSSR count). The predicted octanol–water partition coefficient (Wildman–Crippen LogP) is 1.87. The largest absolute Gasteiger partial charge is 0.383 e. The summed E-state index contributed by atoms with van der Waals surface area (Å²) in [5.41, 5.74) is 0.448. The molecule has 3 nitrogen and oxygen atoms in total. The van der Waals surface area contributed by atoms with Crippen LogP contribution in [0.3, 0.4) is 0 Å². The normalized spacial score (nSPS) is 36.2. The molecule has 0 amide bonds. The fourth-order valence-electron chi connectivity index (χ4n) is 3.30. The highest BCUT2D eigenvalue weighted by molar-refractivity contribution is 5.05. The number of nitrogens with one attached hydrogen (secondary N) is 1. The Morgan fingerprint density at radius 3 is 2.59 bits per heavy atom. The molecule has 17 heavy (non-hydrogen) atoms. The lowest BCUT2D eigenvalue weighted by Crippen LogP contribution is -2.68. The summed E-state index contributed by atoms with van der Waals surface area (Å²) in [4.78, 5) is 2.63. The quantitative estimate of drug-likeness (QED) is 0.812. The van der Waals surface area contributed by atoms with Gasteiger partial charge in [0, 0.05) is 37.3 Å². The van der Waals surface area contributed by atoms with E-state index in [0.29, 0.717) is 11.6 Å². The van der Waals surface area contributed by atoms with E-state index in [1.165, 1.54) is 12.8 Å². The molecule has 1 saturated heterocycles. The first-order chi connectivity index (χ1) is 7.89. The molecule has 0 bridgehead atoms. The summed E-state index contributed by atoms with van der Waals surface area (Å²) in [5.74, 6) is 0.885. The van der Waals surface area contributed by atoms with E-state index in [0.717, 1.165) is 25.6 Å². The van der Waals surface area contributed by atoms with Gasteiger partial charge in [-0.15, -0.1) is 0 Å². The van der Waals surface area contributed by atoms with E-state index in [1.807, 2.05) is 0 Å². The van der Waals surface area contributed by atoms with Crippen molar-refractivity contribution >= 4 is 0 Å². The first kappa shape index (κ1) is 13.3. The van der Waals surface area contributed by atoms with Gasteiger partial charge in [0.05, 0.1) is 6.61 Å². The predicted molar refractivity (Wildman–Crippen MR) is 71.3 cm³/mol. The Bertz CT molecular complexity index is 275. The second kappa shape index (κ2) is 4.52. The van der Waals surface area contributed by atoms with Gasteiger partial charge in [-0.2, -0.15) is 0 Å². The lowest BCUT2D eigenvalue weighted by atomic mass is 9.87. The van der Waals surface area contributed by atoms with E-state index in [9.17, 15) is 0 Å². The van der Waals surface area contributed by atoms with Gasteiger partial charge < -0.3 is 10.1 Å². The number of rotatable bonds is 4. The van der Waals surface area contributed by atoms with Crippen LogP contribution >= 0.6 is 0 Å². The molecule has 1 saturated carbocycles. The number of piperazine rings is 1. The van der Waals surface area contributed by atoms with Crippen molar-refractivity contribution in [1.82, 2.24) is 10.2 Å². The van der Waals surface area contributed by atoms with Crippen LogP contribution in [0.2, 0.25) is 0 Å². The minimum Gasteiger partial charge on any atom is -0.383 e. The second-order valence-corrected chi connectivity index (χ2v) is 6.80. The minimum atomic E-state index is 0.131. The van der Waals surface area contributed by atoms with Crippen LogP contribution < -0.4 is 5.32 Å². The Kier molecular flexibility index (Phi) is 3.54. The average molecular weight is 240 g/mol. The lowest BCUT2D eigenvalue weighted by molar-refractivity contribution is -0.0324. The highest BCUT2D eigenvalue weighted by Crippen LogP contribution is 2.42. The van der Waals surface area contributed by atoms with E-state index < -0.39 is 0 Å².